The number of benzene rings is 2. The van der Waals surface area contributed by atoms with Crippen molar-refractivity contribution in [3.63, 3.8) is 0 Å². The summed E-state index contributed by atoms with van der Waals surface area (Å²) in [5.41, 5.74) is 0.586. The first-order valence-electron chi connectivity index (χ1n) is 14.0. The molecule has 2 aromatic carbocycles. The fourth-order valence-electron chi connectivity index (χ4n) is 4.00. The van der Waals surface area contributed by atoms with Crippen molar-refractivity contribution in [3.8, 4) is 0 Å². The van der Waals surface area contributed by atoms with Crippen LogP contribution in [0, 0.1) is 0 Å². The van der Waals surface area contributed by atoms with Crippen molar-refractivity contribution in [2.24, 2.45) is 0 Å². The molecule has 5 heteroatoms. The molecular weight excluding hydrogens is 480 g/mol. The number of carbonyl (C=O) groups is 2. The van der Waals surface area contributed by atoms with Crippen molar-refractivity contribution in [1.82, 2.24) is 0 Å². The Morgan fingerprint density at radius 1 is 0.595 bits per heavy atom. The molecule has 0 saturated heterocycles. The minimum absolute atomic E-state index is 0.293. The smallest absolute Gasteiger partial charge is 0.339 e. The molecular formula is C32H44O4S. The Kier molecular flexibility index (Phi) is 16.1. The summed E-state index contributed by atoms with van der Waals surface area (Å²) >= 11 is 1.79. The summed E-state index contributed by atoms with van der Waals surface area (Å²) in [5, 5.41) is 3.47. The van der Waals surface area contributed by atoms with Gasteiger partial charge in [-0.15, -0.1) is 11.3 Å². The molecule has 0 atom stereocenters. The van der Waals surface area contributed by atoms with Crippen molar-refractivity contribution in [3.05, 3.63) is 71.1 Å². The highest BCUT2D eigenvalue weighted by Gasteiger charge is 2.18. The third-order valence-electron chi connectivity index (χ3n) is 6.19. The predicted octanol–water partition coefficient (Wildman–Crippen LogP) is 9.62. The number of hydrogen-bond donors (Lipinski definition) is 0. The molecule has 0 N–H and O–H groups in total. The largest absolute Gasteiger partial charge is 0.462 e. The van der Waals surface area contributed by atoms with E-state index in [1.165, 1.54) is 61.5 Å². The molecule has 0 bridgehead atoms. The molecule has 0 spiro atoms. The Bertz CT molecular complexity index is 947. The standard InChI is InChI=1S/C24H38O4.C8H6S/c1-3-5-7-9-11-15-19-27-23(25)21-17-13-14-18-22(21)24(26)28-20-16-12-10-8-6-4-2;1-2-4-8-7(3-1)5-6-9-8/h13-14,17-18H,3-12,15-16,19-20H2,1-2H3;1-6H. The monoisotopic (exact) mass is 524 g/mol. The molecule has 0 amide bonds. The van der Waals surface area contributed by atoms with Crippen LogP contribution in [0.3, 0.4) is 0 Å². The number of rotatable bonds is 16. The fraction of sp³-hybridized carbons (Fsp3) is 0.500. The van der Waals surface area contributed by atoms with E-state index in [0.29, 0.717) is 24.3 Å². The summed E-state index contributed by atoms with van der Waals surface area (Å²) in [5.74, 6) is -0.888. The van der Waals surface area contributed by atoms with E-state index in [9.17, 15) is 9.59 Å². The first-order valence-corrected chi connectivity index (χ1v) is 14.9. The van der Waals surface area contributed by atoms with Crippen LogP contribution in [-0.2, 0) is 9.47 Å². The summed E-state index contributed by atoms with van der Waals surface area (Å²) in [6, 6.07) is 17.3. The van der Waals surface area contributed by atoms with Gasteiger partial charge in [-0.1, -0.05) is 108 Å². The molecule has 4 nitrogen and oxygen atoms in total. The van der Waals surface area contributed by atoms with Crippen LogP contribution in [-0.4, -0.2) is 25.2 Å². The van der Waals surface area contributed by atoms with Crippen molar-refractivity contribution in [1.29, 1.82) is 0 Å². The quantitative estimate of drug-likeness (QED) is 0.138. The number of carbonyl (C=O) groups excluding carboxylic acids is 2. The van der Waals surface area contributed by atoms with E-state index in [1.54, 1.807) is 35.6 Å². The molecule has 1 heterocycles. The zero-order chi connectivity index (χ0) is 26.6. The van der Waals surface area contributed by atoms with Gasteiger partial charge in [0.1, 0.15) is 0 Å². The third kappa shape index (κ3) is 12.4. The van der Waals surface area contributed by atoms with Crippen LogP contribution in [0.2, 0.25) is 0 Å². The molecule has 0 saturated carbocycles. The number of hydrogen-bond acceptors (Lipinski definition) is 5. The van der Waals surface area contributed by atoms with Crippen LogP contribution >= 0.6 is 11.3 Å². The molecule has 0 aliphatic carbocycles. The summed E-state index contributed by atoms with van der Waals surface area (Å²) in [6.45, 7) is 5.17. The topological polar surface area (TPSA) is 52.6 Å². The SMILES string of the molecule is CCCCCCCCOC(=O)c1ccccc1C(=O)OCCCCCCCC.c1ccc2sccc2c1. The lowest BCUT2D eigenvalue weighted by molar-refractivity contribution is 0.0450. The molecule has 0 fully saturated rings. The van der Waals surface area contributed by atoms with Gasteiger partial charge in [-0.05, 0) is 47.9 Å². The van der Waals surface area contributed by atoms with Gasteiger partial charge in [0.05, 0.1) is 24.3 Å². The van der Waals surface area contributed by atoms with Gasteiger partial charge in [-0.2, -0.15) is 0 Å². The van der Waals surface area contributed by atoms with Crippen molar-refractivity contribution in [2.45, 2.75) is 90.9 Å². The Balaban J connectivity index is 0.000000439. The predicted molar refractivity (Wildman–Crippen MR) is 156 cm³/mol. The highest BCUT2D eigenvalue weighted by molar-refractivity contribution is 7.17. The lowest BCUT2D eigenvalue weighted by atomic mass is 10.1. The minimum Gasteiger partial charge on any atom is -0.462 e. The van der Waals surface area contributed by atoms with E-state index in [1.807, 2.05) is 0 Å². The number of unbranched alkanes of at least 4 members (excludes halogenated alkanes) is 10. The summed E-state index contributed by atoms with van der Waals surface area (Å²) < 4.78 is 12.1. The first kappa shape index (κ1) is 30.6. The first-order chi connectivity index (χ1) is 18.2. The molecule has 3 aromatic rings. The molecule has 3 rings (SSSR count). The van der Waals surface area contributed by atoms with Crippen LogP contribution in [0.5, 0.6) is 0 Å². The highest BCUT2D eigenvalue weighted by Crippen LogP contribution is 2.19. The van der Waals surface area contributed by atoms with Crippen molar-refractivity contribution < 1.29 is 19.1 Å². The van der Waals surface area contributed by atoms with E-state index >= 15 is 0 Å². The fourth-order valence-corrected chi connectivity index (χ4v) is 4.79. The molecule has 1 aromatic heterocycles. The third-order valence-corrected chi connectivity index (χ3v) is 7.09. The van der Waals surface area contributed by atoms with Gasteiger partial charge in [-0.3, -0.25) is 0 Å². The maximum atomic E-state index is 12.4. The summed E-state index contributed by atoms with van der Waals surface area (Å²) in [4.78, 5) is 24.7. The Morgan fingerprint density at radius 3 is 1.57 bits per heavy atom. The lowest BCUT2D eigenvalue weighted by Gasteiger charge is -2.10. The maximum Gasteiger partial charge on any atom is 0.339 e. The zero-order valence-electron chi connectivity index (χ0n) is 22.7. The molecule has 0 aliphatic heterocycles. The van der Waals surface area contributed by atoms with Gasteiger partial charge in [0.15, 0.2) is 0 Å². The molecule has 0 radical (unpaired) electrons. The number of esters is 2. The number of ether oxygens (including phenoxy) is 2. The van der Waals surface area contributed by atoms with E-state index in [0.717, 1.165) is 25.7 Å². The second kappa shape index (κ2) is 19.5. The van der Waals surface area contributed by atoms with Gasteiger partial charge in [0, 0.05) is 4.70 Å². The van der Waals surface area contributed by atoms with Gasteiger partial charge in [0.2, 0.25) is 0 Å². The van der Waals surface area contributed by atoms with Gasteiger partial charge in [0.25, 0.3) is 0 Å². The van der Waals surface area contributed by atoms with Crippen LogP contribution < -0.4 is 0 Å². The number of thiophene rings is 1. The van der Waals surface area contributed by atoms with Gasteiger partial charge >= 0.3 is 11.9 Å². The van der Waals surface area contributed by atoms with Crippen molar-refractivity contribution >= 4 is 33.4 Å². The normalized spacial score (nSPS) is 10.5. The van der Waals surface area contributed by atoms with Crippen LogP contribution in [0.4, 0.5) is 0 Å². The van der Waals surface area contributed by atoms with E-state index in [-0.39, 0.29) is 0 Å². The van der Waals surface area contributed by atoms with Gasteiger partial charge < -0.3 is 9.47 Å². The van der Waals surface area contributed by atoms with Crippen LogP contribution in [0.15, 0.2) is 60.0 Å². The Morgan fingerprint density at radius 2 is 1.05 bits per heavy atom. The highest BCUT2D eigenvalue weighted by atomic mass is 32.1. The van der Waals surface area contributed by atoms with Crippen LogP contribution in [0.1, 0.15) is 112 Å². The van der Waals surface area contributed by atoms with E-state index in [4.69, 9.17) is 9.47 Å². The molecule has 0 unspecified atom stereocenters. The molecule has 202 valence electrons. The maximum absolute atomic E-state index is 12.4. The second-order valence-electron chi connectivity index (χ2n) is 9.31. The lowest BCUT2D eigenvalue weighted by Crippen LogP contribution is -2.15. The van der Waals surface area contributed by atoms with Crippen molar-refractivity contribution in [2.75, 3.05) is 13.2 Å². The van der Waals surface area contributed by atoms with Gasteiger partial charge in [-0.25, -0.2) is 9.59 Å². The Labute approximate surface area is 227 Å². The molecule has 37 heavy (non-hydrogen) atoms. The average molecular weight is 525 g/mol. The molecule has 0 aliphatic rings. The Hall–Kier alpha value is -2.66. The summed E-state index contributed by atoms with van der Waals surface area (Å²) in [7, 11) is 0. The minimum atomic E-state index is -0.444. The second-order valence-corrected chi connectivity index (χ2v) is 10.3. The average Bonchev–Trinajstić information content (AvgIpc) is 3.41. The van der Waals surface area contributed by atoms with E-state index < -0.39 is 11.9 Å². The zero-order valence-corrected chi connectivity index (χ0v) is 23.5. The van der Waals surface area contributed by atoms with Crippen LogP contribution in [0.25, 0.3) is 10.1 Å². The van der Waals surface area contributed by atoms with E-state index in [2.05, 4.69) is 49.6 Å². The number of fused-ring (bicyclic) bond motifs is 1. The summed E-state index contributed by atoms with van der Waals surface area (Å²) in [6.07, 6.45) is 13.6.